The number of nitrogens with two attached hydrogens (primary N) is 1. The molecule has 2 fully saturated rings. The largest absolute Gasteiger partial charge is 0.369 e. The number of carbonyl (C=O) groups is 1. The van der Waals surface area contributed by atoms with Crippen LogP contribution >= 0.6 is 0 Å². The fourth-order valence-corrected chi connectivity index (χ4v) is 6.12. The summed E-state index contributed by atoms with van der Waals surface area (Å²) in [5.74, 6) is 5.22. The van der Waals surface area contributed by atoms with Crippen molar-refractivity contribution in [1.29, 1.82) is 0 Å². The van der Waals surface area contributed by atoms with E-state index in [4.69, 9.17) is 5.73 Å². The maximum atomic E-state index is 12.7. The van der Waals surface area contributed by atoms with Crippen LogP contribution in [0.1, 0.15) is 80.1 Å². The molecule has 6 atom stereocenters. The second kappa shape index (κ2) is 8.23. The fourth-order valence-electron chi connectivity index (χ4n) is 6.12. The second-order valence-corrected chi connectivity index (χ2v) is 9.91. The van der Waals surface area contributed by atoms with Crippen molar-refractivity contribution in [2.24, 2.45) is 59.0 Å². The lowest BCUT2D eigenvalue weighted by Gasteiger charge is -2.48. The number of primary amides is 1. The van der Waals surface area contributed by atoms with E-state index in [0.717, 1.165) is 11.8 Å². The molecule has 0 aliphatic heterocycles. The Morgan fingerprint density at radius 1 is 0.750 bits per heavy atom. The van der Waals surface area contributed by atoms with Gasteiger partial charge in [0.2, 0.25) is 5.91 Å². The predicted octanol–water partition coefficient (Wildman–Crippen LogP) is 5.50. The van der Waals surface area contributed by atoms with Crippen LogP contribution in [-0.4, -0.2) is 5.91 Å². The van der Waals surface area contributed by atoms with E-state index in [0.29, 0.717) is 35.5 Å². The minimum atomic E-state index is -0.00972. The highest BCUT2D eigenvalue weighted by Gasteiger charge is 2.46. The Bertz CT molecular complexity index is 384. The molecule has 0 radical (unpaired) electrons. The minimum Gasteiger partial charge on any atom is -0.369 e. The molecule has 2 saturated carbocycles. The summed E-state index contributed by atoms with van der Waals surface area (Å²) in [7, 11) is 0. The lowest BCUT2D eigenvalue weighted by atomic mass is 9.57. The van der Waals surface area contributed by atoms with Gasteiger partial charge in [0.05, 0.1) is 0 Å². The Balaban J connectivity index is 2.32. The molecule has 0 heterocycles. The van der Waals surface area contributed by atoms with Gasteiger partial charge in [0, 0.05) is 5.92 Å². The van der Waals surface area contributed by atoms with Gasteiger partial charge in [0.1, 0.15) is 0 Å². The van der Waals surface area contributed by atoms with Gasteiger partial charge in [-0.15, -0.1) is 0 Å². The Kier molecular flexibility index (Phi) is 6.79. The first-order valence-electron chi connectivity index (χ1n) is 10.5. The van der Waals surface area contributed by atoms with Crippen LogP contribution in [0, 0.1) is 53.3 Å². The lowest BCUT2D eigenvalue weighted by Crippen LogP contribution is -2.47. The molecule has 0 aromatic carbocycles. The molecule has 0 saturated heterocycles. The average molecular weight is 336 g/mol. The summed E-state index contributed by atoms with van der Waals surface area (Å²) < 4.78 is 0. The number of rotatable bonds is 5. The summed E-state index contributed by atoms with van der Waals surface area (Å²) in [6.45, 7) is 14.1. The summed E-state index contributed by atoms with van der Waals surface area (Å²) in [5.41, 5.74) is 6.08. The topological polar surface area (TPSA) is 43.1 Å². The van der Waals surface area contributed by atoms with Crippen molar-refractivity contribution >= 4 is 5.91 Å². The third-order valence-corrected chi connectivity index (χ3v) is 7.40. The molecular weight excluding hydrogens is 294 g/mol. The molecule has 2 heteroatoms. The smallest absolute Gasteiger partial charge is 0.221 e. The summed E-state index contributed by atoms with van der Waals surface area (Å²) in [6, 6.07) is 0. The van der Waals surface area contributed by atoms with Gasteiger partial charge < -0.3 is 5.73 Å². The van der Waals surface area contributed by atoms with Crippen LogP contribution in [0.2, 0.25) is 0 Å². The van der Waals surface area contributed by atoms with E-state index in [2.05, 4.69) is 41.5 Å². The van der Waals surface area contributed by atoms with Crippen LogP contribution in [0.15, 0.2) is 0 Å². The summed E-state index contributed by atoms with van der Waals surface area (Å²) in [6.07, 6.45) is 7.60. The summed E-state index contributed by atoms with van der Waals surface area (Å²) >= 11 is 0. The SMILES string of the molecule is CC1CCC(C(C)C)C(C(C(N)=O)C2CC(C)CCC2C(C)C)C1. The number of amides is 1. The first kappa shape index (κ1) is 19.8. The van der Waals surface area contributed by atoms with Crippen molar-refractivity contribution in [3.05, 3.63) is 0 Å². The molecular formula is C22H41NO. The molecule has 2 aliphatic rings. The molecule has 6 unspecified atom stereocenters. The second-order valence-electron chi connectivity index (χ2n) is 9.91. The van der Waals surface area contributed by atoms with E-state index in [-0.39, 0.29) is 11.8 Å². The average Bonchev–Trinajstić information content (AvgIpc) is 2.46. The van der Waals surface area contributed by atoms with Crippen LogP contribution < -0.4 is 5.73 Å². The van der Waals surface area contributed by atoms with Gasteiger partial charge in [0.25, 0.3) is 0 Å². The molecule has 0 aromatic rings. The summed E-state index contributed by atoms with van der Waals surface area (Å²) in [4.78, 5) is 12.7. The van der Waals surface area contributed by atoms with Crippen LogP contribution in [-0.2, 0) is 4.79 Å². The van der Waals surface area contributed by atoms with E-state index in [1.54, 1.807) is 0 Å². The van der Waals surface area contributed by atoms with Crippen molar-refractivity contribution in [3.63, 3.8) is 0 Å². The Morgan fingerprint density at radius 3 is 1.42 bits per heavy atom. The first-order chi connectivity index (χ1) is 11.2. The fraction of sp³-hybridized carbons (Fsp3) is 0.955. The predicted molar refractivity (Wildman–Crippen MR) is 102 cm³/mol. The maximum Gasteiger partial charge on any atom is 0.221 e. The molecule has 1 amide bonds. The minimum absolute atomic E-state index is 0.00972. The van der Waals surface area contributed by atoms with Gasteiger partial charge in [-0.3, -0.25) is 4.79 Å². The molecule has 2 N–H and O–H groups in total. The quantitative estimate of drug-likeness (QED) is 0.707. The van der Waals surface area contributed by atoms with E-state index in [9.17, 15) is 4.79 Å². The molecule has 2 nitrogen and oxygen atoms in total. The van der Waals surface area contributed by atoms with E-state index < -0.39 is 0 Å². The summed E-state index contributed by atoms with van der Waals surface area (Å²) in [5, 5.41) is 0. The highest BCUT2D eigenvalue weighted by molar-refractivity contribution is 5.77. The first-order valence-corrected chi connectivity index (χ1v) is 10.5. The van der Waals surface area contributed by atoms with Crippen LogP contribution in [0.5, 0.6) is 0 Å². The number of hydrogen-bond acceptors (Lipinski definition) is 1. The molecule has 0 bridgehead atoms. The zero-order chi connectivity index (χ0) is 18.0. The Hall–Kier alpha value is -0.530. The van der Waals surface area contributed by atoms with Gasteiger partial charge in [-0.2, -0.15) is 0 Å². The zero-order valence-corrected chi connectivity index (χ0v) is 16.9. The molecule has 2 rings (SSSR count). The monoisotopic (exact) mass is 335 g/mol. The van der Waals surface area contributed by atoms with E-state index in [1.807, 2.05) is 0 Å². The molecule has 140 valence electrons. The van der Waals surface area contributed by atoms with Crippen LogP contribution in [0.3, 0.4) is 0 Å². The normalized spacial score (nSPS) is 39.2. The standard InChI is InChI=1S/C22H41NO/c1-13(2)17-9-7-15(5)11-19(17)21(22(23)24)20-12-16(6)8-10-18(20)14(3)4/h13-21H,7-12H2,1-6H3,(H2,23,24). The number of hydrogen-bond donors (Lipinski definition) is 1. The van der Waals surface area contributed by atoms with Gasteiger partial charge in [-0.05, 0) is 73.0 Å². The van der Waals surface area contributed by atoms with E-state index in [1.165, 1.54) is 38.5 Å². The van der Waals surface area contributed by atoms with Crippen molar-refractivity contribution in [2.75, 3.05) is 0 Å². The molecule has 0 aromatic heterocycles. The third-order valence-electron chi connectivity index (χ3n) is 7.40. The maximum absolute atomic E-state index is 12.7. The lowest BCUT2D eigenvalue weighted by molar-refractivity contribution is -0.131. The molecule has 24 heavy (non-hydrogen) atoms. The van der Waals surface area contributed by atoms with Crippen molar-refractivity contribution < 1.29 is 4.79 Å². The van der Waals surface area contributed by atoms with Gasteiger partial charge in [-0.25, -0.2) is 0 Å². The Morgan fingerprint density at radius 2 is 1.12 bits per heavy atom. The van der Waals surface area contributed by atoms with Crippen LogP contribution in [0.4, 0.5) is 0 Å². The van der Waals surface area contributed by atoms with Gasteiger partial charge >= 0.3 is 0 Å². The molecule has 2 aliphatic carbocycles. The third kappa shape index (κ3) is 4.35. The van der Waals surface area contributed by atoms with Gasteiger partial charge in [-0.1, -0.05) is 54.4 Å². The van der Waals surface area contributed by atoms with Crippen molar-refractivity contribution in [1.82, 2.24) is 0 Å². The highest BCUT2D eigenvalue weighted by Crippen LogP contribution is 2.50. The number of carbonyl (C=O) groups excluding carboxylic acids is 1. The van der Waals surface area contributed by atoms with E-state index >= 15 is 0 Å². The van der Waals surface area contributed by atoms with Crippen molar-refractivity contribution in [2.45, 2.75) is 80.1 Å². The Labute approximate surface area is 150 Å². The molecule has 0 spiro atoms. The van der Waals surface area contributed by atoms with Gasteiger partial charge in [0.15, 0.2) is 0 Å². The van der Waals surface area contributed by atoms with Crippen molar-refractivity contribution in [3.8, 4) is 0 Å². The van der Waals surface area contributed by atoms with Crippen LogP contribution in [0.25, 0.3) is 0 Å². The zero-order valence-electron chi connectivity index (χ0n) is 16.9. The highest BCUT2D eigenvalue weighted by atomic mass is 16.1.